The molecule has 0 radical (unpaired) electrons. The highest BCUT2D eigenvalue weighted by Gasteiger charge is 2.07. The van der Waals surface area contributed by atoms with Gasteiger partial charge in [-0.25, -0.2) is 0 Å². The SMILES string of the molecule is Cc1ccc(Br)cc1Nc1nc2ccc(N)cc2o1. The van der Waals surface area contributed by atoms with Crippen molar-refractivity contribution in [1.82, 2.24) is 4.98 Å². The van der Waals surface area contributed by atoms with E-state index in [4.69, 9.17) is 10.2 Å². The molecular weight excluding hydrogens is 306 g/mol. The van der Waals surface area contributed by atoms with Gasteiger partial charge >= 0.3 is 0 Å². The van der Waals surface area contributed by atoms with Crippen molar-refractivity contribution in [3.63, 3.8) is 0 Å². The molecule has 0 aliphatic carbocycles. The Balaban J connectivity index is 1.98. The van der Waals surface area contributed by atoms with E-state index in [0.29, 0.717) is 17.3 Å². The molecule has 96 valence electrons. The van der Waals surface area contributed by atoms with Gasteiger partial charge in [0.1, 0.15) is 5.52 Å². The molecule has 0 unspecified atom stereocenters. The summed E-state index contributed by atoms with van der Waals surface area (Å²) in [6.07, 6.45) is 0. The topological polar surface area (TPSA) is 64.1 Å². The van der Waals surface area contributed by atoms with Crippen LogP contribution in [0.3, 0.4) is 0 Å². The third-order valence-corrected chi connectivity index (χ3v) is 3.35. The minimum atomic E-state index is 0.460. The lowest BCUT2D eigenvalue weighted by Crippen LogP contribution is -1.92. The van der Waals surface area contributed by atoms with E-state index in [2.05, 4.69) is 26.2 Å². The summed E-state index contributed by atoms with van der Waals surface area (Å²) in [7, 11) is 0. The molecule has 0 atom stereocenters. The second-order valence-corrected chi connectivity index (χ2v) is 5.25. The van der Waals surface area contributed by atoms with Crippen LogP contribution in [0.2, 0.25) is 0 Å². The highest BCUT2D eigenvalue weighted by molar-refractivity contribution is 9.10. The maximum Gasteiger partial charge on any atom is 0.300 e. The van der Waals surface area contributed by atoms with Crippen LogP contribution in [0, 0.1) is 6.92 Å². The van der Waals surface area contributed by atoms with Gasteiger partial charge in [-0.3, -0.25) is 0 Å². The Morgan fingerprint density at radius 3 is 2.89 bits per heavy atom. The Kier molecular flexibility index (Phi) is 2.91. The third kappa shape index (κ3) is 2.42. The van der Waals surface area contributed by atoms with Gasteiger partial charge in [0, 0.05) is 21.9 Å². The Morgan fingerprint density at radius 1 is 1.21 bits per heavy atom. The first-order chi connectivity index (χ1) is 9.11. The van der Waals surface area contributed by atoms with E-state index in [1.807, 2.05) is 31.2 Å². The molecule has 2 aromatic carbocycles. The van der Waals surface area contributed by atoms with Crippen molar-refractivity contribution >= 4 is 44.4 Å². The van der Waals surface area contributed by atoms with Crippen LogP contribution >= 0.6 is 15.9 Å². The number of nitrogens with one attached hydrogen (secondary N) is 1. The lowest BCUT2D eigenvalue weighted by atomic mass is 10.2. The number of nitrogen functional groups attached to an aromatic ring is 1. The van der Waals surface area contributed by atoms with Gasteiger partial charge in [0.15, 0.2) is 5.58 Å². The molecule has 0 saturated carbocycles. The fraction of sp³-hybridized carbons (Fsp3) is 0.0714. The molecule has 3 N–H and O–H groups in total. The van der Waals surface area contributed by atoms with E-state index < -0.39 is 0 Å². The van der Waals surface area contributed by atoms with E-state index in [9.17, 15) is 0 Å². The minimum absolute atomic E-state index is 0.460. The molecule has 0 fully saturated rings. The van der Waals surface area contributed by atoms with Crippen LogP contribution in [0.5, 0.6) is 0 Å². The zero-order valence-electron chi connectivity index (χ0n) is 10.3. The number of aryl methyl sites for hydroxylation is 1. The molecule has 0 bridgehead atoms. The van der Waals surface area contributed by atoms with Crippen molar-refractivity contribution in [1.29, 1.82) is 0 Å². The van der Waals surface area contributed by atoms with Crippen LogP contribution in [0.1, 0.15) is 5.56 Å². The van der Waals surface area contributed by atoms with E-state index in [1.54, 1.807) is 12.1 Å². The molecule has 1 heterocycles. The van der Waals surface area contributed by atoms with Crippen molar-refractivity contribution < 1.29 is 4.42 Å². The Labute approximate surface area is 118 Å². The first-order valence-electron chi connectivity index (χ1n) is 5.81. The molecule has 19 heavy (non-hydrogen) atoms. The van der Waals surface area contributed by atoms with Gasteiger partial charge in [-0.15, -0.1) is 0 Å². The largest absolute Gasteiger partial charge is 0.423 e. The van der Waals surface area contributed by atoms with Gasteiger partial charge in [-0.05, 0) is 36.8 Å². The molecule has 4 nitrogen and oxygen atoms in total. The Bertz CT molecular complexity index is 752. The fourth-order valence-corrected chi connectivity index (χ4v) is 2.20. The van der Waals surface area contributed by atoms with Gasteiger partial charge < -0.3 is 15.5 Å². The fourth-order valence-electron chi connectivity index (χ4n) is 1.84. The molecule has 3 aromatic rings. The number of rotatable bonds is 2. The second kappa shape index (κ2) is 4.59. The van der Waals surface area contributed by atoms with E-state index in [-0.39, 0.29) is 0 Å². The van der Waals surface area contributed by atoms with Gasteiger partial charge in [-0.2, -0.15) is 4.98 Å². The van der Waals surface area contributed by atoms with Crippen molar-refractivity contribution in [3.05, 3.63) is 46.4 Å². The van der Waals surface area contributed by atoms with Crippen LogP contribution in [0.25, 0.3) is 11.1 Å². The number of hydrogen-bond donors (Lipinski definition) is 2. The van der Waals surface area contributed by atoms with Gasteiger partial charge in [-0.1, -0.05) is 22.0 Å². The average molecular weight is 318 g/mol. The maximum atomic E-state index is 5.72. The summed E-state index contributed by atoms with van der Waals surface area (Å²) in [4.78, 5) is 4.37. The van der Waals surface area contributed by atoms with Crippen LogP contribution < -0.4 is 11.1 Å². The number of anilines is 3. The predicted octanol–water partition coefficient (Wildman–Crippen LogP) is 4.22. The van der Waals surface area contributed by atoms with E-state index in [0.717, 1.165) is 21.2 Å². The summed E-state index contributed by atoms with van der Waals surface area (Å²) in [5.74, 6) is 0. The number of aromatic nitrogens is 1. The van der Waals surface area contributed by atoms with E-state index >= 15 is 0 Å². The lowest BCUT2D eigenvalue weighted by molar-refractivity contribution is 0.623. The van der Waals surface area contributed by atoms with Crippen LogP contribution in [-0.4, -0.2) is 4.98 Å². The first-order valence-corrected chi connectivity index (χ1v) is 6.60. The molecule has 5 heteroatoms. The summed E-state index contributed by atoms with van der Waals surface area (Å²) in [5, 5.41) is 3.17. The number of hydrogen-bond acceptors (Lipinski definition) is 4. The first kappa shape index (κ1) is 12.0. The summed E-state index contributed by atoms with van der Waals surface area (Å²) < 4.78 is 6.63. The van der Waals surface area contributed by atoms with E-state index in [1.165, 1.54) is 0 Å². The molecule has 3 rings (SSSR count). The quantitative estimate of drug-likeness (QED) is 0.694. The number of nitrogens with zero attached hydrogens (tertiary/aromatic N) is 1. The zero-order chi connectivity index (χ0) is 13.4. The molecule has 0 saturated heterocycles. The normalized spacial score (nSPS) is 10.8. The molecule has 1 aromatic heterocycles. The zero-order valence-corrected chi connectivity index (χ0v) is 11.9. The molecular formula is C14H12BrN3O. The highest BCUT2D eigenvalue weighted by atomic mass is 79.9. The van der Waals surface area contributed by atoms with Crippen LogP contribution in [0.4, 0.5) is 17.4 Å². The number of halogens is 1. The van der Waals surface area contributed by atoms with Crippen LogP contribution in [-0.2, 0) is 0 Å². The highest BCUT2D eigenvalue weighted by Crippen LogP contribution is 2.27. The molecule has 0 aliphatic rings. The van der Waals surface area contributed by atoms with Crippen molar-refractivity contribution in [2.75, 3.05) is 11.1 Å². The summed E-state index contributed by atoms with van der Waals surface area (Å²) in [6, 6.07) is 11.9. The Morgan fingerprint density at radius 2 is 2.05 bits per heavy atom. The monoisotopic (exact) mass is 317 g/mol. The summed E-state index contributed by atoms with van der Waals surface area (Å²) in [6.45, 7) is 2.02. The standard InChI is InChI=1S/C14H12BrN3O/c1-8-2-3-9(15)6-12(8)18-14-17-11-5-4-10(16)7-13(11)19-14/h2-7H,16H2,1H3,(H,17,18). The van der Waals surface area contributed by atoms with Crippen molar-refractivity contribution in [2.45, 2.75) is 6.92 Å². The van der Waals surface area contributed by atoms with Crippen molar-refractivity contribution in [2.24, 2.45) is 0 Å². The molecule has 0 aliphatic heterocycles. The van der Waals surface area contributed by atoms with Gasteiger partial charge in [0.05, 0.1) is 0 Å². The molecule has 0 amide bonds. The number of nitrogens with two attached hydrogens (primary N) is 1. The predicted molar refractivity (Wildman–Crippen MR) is 80.6 cm³/mol. The summed E-state index contributed by atoms with van der Waals surface area (Å²) >= 11 is 3.45. The third-order valence-electron chi connectivity index (χ3n) is 2.85. The second-order valence-electron chi connectivity index (χ2n) is 4.33. The molecule has 0 spiro atoms. The van der Waals surface area contributed by atoms with Gasteiger partial charge in [0.25, 0.3) is 6.01 Å². The lowest BCUT2D eigenvalue weighted by Gasteiger charge is -2.05. The number of oxazole rings is 1. The average Bonchev–Trinajstić information content (AvgIpc) is 2.75. The number of benzene rings is 2. The maximum absolute atomic E-state index is 5.72. The van der Waals surface area contributed by atoms with Gasteiger partial charge in [0.2, 0.25) is 0 Å². The number of fused-ring (bicyclic) bond motifs is 1. The Hall–Kier alpha value is -2.01. The van der Waals surface area contributed by atoms with Crippen molar-refractivity contribution in [3.8, 4) is 0 Å². The van der Waals surface area contributed by atoms with Crippen LogP contribution in [0.15, 0.2) is 45.3 Å². The summed E-state index contributed by atoms with van der Waals surface area (Å²) in [5.41, 5.74) is 9.90. The smallest absolute Gasteiger partial charge is 0.300 e. The minimum Gasteiger partial charge on any atom is -0.423 e.